The van der Waals surface area contributed by atoms with Crippen LogP contribution in [0.2, 0.25) is 0 Å². The summed E-state index contributed by atoms with van der Waals surface area (Å²) < 4.78 is 10.6. The fraction of sp³-hybridized carbons (Fsp3) is 0.333. The Hall–Kier alpha value is -2.36. The Morgan fingerprint density at radius 2 is 1.09 bits per heavy atom. The van der Waals surface area contributed by atoms with E-state index < -0.39 is 23.1 Å². The fourth-order valence-electron chi connectivity index (χ4n) is 1.98. The third kappa shape index (κ3) is 4.32. The Morgan fingerprint density at radius 1 is 0.818 bits per heavy atom. The smallest absolute Gasteiger partial charge is 0.331 e. The summed E-state index contributed by atoms with van der Waals surface area (Å²) in [6, 6.07) is 7.37. The van der Waals surface area contributed by atoms with Crippen molar-refractivity contribution in [3.8, 4) is 0 Å². The molecule has 0 heterocycles. The van der Waals surface area contributed by atoms with Gasteiger partial charge >= 0.3 is 11.9 Å². The first-order valence-corrected chi connectivity index (χ1v) is 6.94. The summed E-state index contributed by atoms with van der Waals surface area (Å²) in [5.74, 6) is -0.955. The Morgan fingerprint density at radius 3 is 1.32 bits per heavy atom. The number of benzene rings is 1. The normalized spacial score (nSPS) is 11.5. The molecule has 0 N–H and O–H groups in total. The third-order valence-electron chi connectivity index (χ3n) is 3.32. The van der Waals surface area contributed by atoms with Gasteiger partial charge in [-0.25, -0.2) is 9.59 Å². The third-order valence-corrected chi connectivity index (χ3v) is 3.32. The van der Waals surface area contributed by atoms with Crippen LogP contribution in [-0.2, 0) is 30.3 Å². The molecule has 0 atom stereocenters. The van der Waals surface area contributed by atoms with Crippen molar-refractivity contribution in [3.63, 3.8) is 0 Å². The molecule has 0 bridgehead atoms. The minimum atomic E-state index is -0.772. The largest absolute Gasteiger partial charge is 0.452 e. The number of carbonyl (C=O) groups excluding carboxylic acids is 2. The SMILES string of the molecule is C=CC(=O)OC(C)(C)c1ccc(C(C)(C)OC(=O)C=C)cc1. The molecule has 118 valence electrons. The highest BCUT2D eigenvalue weighted by Gasteiger charge is 2.27. The van der Waals surface area contributed by atoms with E-state index in [1.54, 1.807) is 27.7 Å². The second kappa shape index (κ2) is 6.60. The first kappa shape index (κ1) is 17.7. The summed E-state index contributed by atoms with van der Waals surface area (Å²) in [5.41, 5.74) is 0.117. The number of ether oxygens (including phenoxy) is 2. The van der Waals surface area contributed by atoms with Crippen LogP contribution in [0.4, 0.5) is 0 Å². The summed E-state index contributed by atoms with van der Waals surface area (Å²) in [4.78, 5) is 22.7. The number of hydrogen-bond acceptors (Lipinski definition) is 4. The second-order valence-electron chi connectivity index (χ2n) is 5.85. The minimum absolute atomic E-state index is 0.477. The van der Waals surface area contributed by atoms with E-state index in [2.05, 4.69) is 13.2 Å². The molecule has 0 saturated carbocycles. The number of carbonyl (C=O) groups is 2. The average molecular weight is 302 g/mol. The molecule has 0 unspecified atom stereocenters. The first-order valence-electron chi connectivity index (χ1n) is 6.94. The Balaban J connectivity index is 2.99. The van der Waals surface area contributed by atoms with Gasteiger partial charge in [0.2, 0.25) is 0 Å². The van der Waals surface area contributed by atoms with Crippen molar-refractivity contribution in [2.45, 2.75) is 38.9 Å². The second-order valence-corrected chi connectivity index (χ2v) is 5.85. The van der Waals surface area contributed by atoms with Gasteiger partial charge in [0, 0.05) is 12.2 Å². The predicted molar refractivity (Wildman–Crippen MR) is 85.1 cm³/mol. The van der Waals surface area contributed by atoms with Crippen molar-refractivity contribution in [2.24, 2.45) is 0 Å². The molecule has 1 aromatic carbocycles. The lowest BCUT2D eigenvalue weighted by atomic mass is 9.92. The van der Waals surface area contributed by atoms with Crippen molar-refractivity contribution >= 4 is 11.9 Å². The topological polar surface area (TPSA) is 52.6 Å². The minimum Gasteiger partial charge on any atom is -0.452 e. The van der Waals surface area contributed by atoms with E-state index in [1.807, 2.05) is 24.3 Å². The molecule has 0 saturated heterocycles. The van der Waals surface area contributed by atoms with Crippen molar-refractivity contribution in [2.75, 3.05) is 0 Å². The average Bonchev–Trinajstić information content (AvgIpc) is 2.46. The van der Waals surface area contributed by atoms with Crippen LogP contribution in [0.25, 0.3) is 0 Å². The lowest BCUT2D eigenvalue weighted by Crippen LogP contribution is -2.26. The molecule has 0 aliphatic rings. The van der Waals surface area contributed by atoms with Crippen LogP contribution < -0.4 is 0 Å². The molecule has 0 spiro atoms. The van der Waals surface area contributed by atoms with Gasteiger partial charge in [0.15, 0.2) is 0 Å². The monoisotopic (exact) mass is 302 g/mol. The van der Waals surface area contributed by atoms with Crippen molar-refractivity contribution in [1.82, 2.24) is 0 Å². The zero-order valence-corrected chi connectivity index (χ0v) is 13.5. The molecule has 22 heavy (non-hydrogen) atoms. The lowest BCUT2D eigenvalue weighted by Gasteiger charge is -2.28. The van der Waals surface area contributed by atoms with Gasteiger partial charge in [0.1, 0.15) is 11.2 Å². The van der Waals surface area contributed by atoms with Crippen LogP contribution in [0.15, 0.2) is 49.6 Å². The fourth-order valence-corrected chi connectivity index (χ4v) is 1.98. The van der Waals surface area contributed by atoms with Crippen molar-refractivity contribution < 1.29 is 19.1 Å². The van der Waals surface area contributed by atoms with E-state index in [9.17, 15) is 9.59 Å². The lowest BCUT2D eigenvalue weighted by molar-refractivity contribution is -0.152. The standard InChI is InChI=1S/C18H22O4/c1-7-15(19)21-17(3,4)13-9-11-14(12-10-13)18(5,6)22-16(20)8-2/h7-12H,1-2H2,3-6H3. The highest BCUT2D eigenvalue weighted by Crippen LogP contribution is 2.29. The van der Waals surface area contributed by atoms with Crippen LogP contribution in [0, 0.1) is 0 Å². The summed E-state index contributed by atoms with van der Waals surface area (Å²) in [6.07, 6.45) is 2.27. The molecule has 4 nitrogen and oxygen atoms in total. The van der Waals surface area contributed by atoms with E-state index in [-0.39, 0.29) is 0 Å². The molecule has 1 aromatic rings. The van der Waals surface area contributed by atoms with Crippen LogP contribution >= 0.6 is 0 Å². The van der Waals surface area contributed by atoms with Gasteiger partial charge < -0.3 is 9.47 Å². The molecule has 4 heteroatoms. The molecule has 0 aliphatic carbocycles. The van der Waals surface area contributed by atoms with Gasteiger partial charge in [-0.05, 0) is 38.8 Å². The van der Waals surface area contributed by atoms with Crippen LogP contribution in [0.5, 0.6) is 0 Å². The maximum absolute atomic E-state index is 11.4. The Kier molecular flexibility index (Phi) is 5.31. The van der Waals surface area contributed by atoms with Gasteiger partial charge in [0.05, 0.1) is 0 Å². The van der Waals surface area contributed by atoms with E-state index >= 15 is 0 Å². The zero-order valence-electron chi connectivity index (χ0n) is 13.5. The van der Waals surface area contributed by atoms with Crippen LogP contribution in [0.3, 0.4) is 0 Å². The maximum Gasteiger partial charge on any atom is 0.331 e. The molecule has 0 fully saturated rings. The van der Waals surface area contributed by atoms with Crippen LogP contribution in [0.1, 0.15) is 38.8 Å². The number of hydrogen-bond donors (Lipinski definition) is 0. The highest BCUT2D eigenvalue weighted by molar-refractivity contribution is 5.82. The molecule has 0 amide bonds. The van der Waals surface area contributed by atoms with Crippen molar-refractivity contribution in [3.05, 3.63) is 60.7 Å². The summed E-state index contributed by atoms with van der Waals surface area (Å²) >= 11 is 0. The Bertz CT molecular complexity index is 527. The van der Waals surface area contributed by atoms with Crippen molar-refractivity contribution in [1.29, 1.82) is 0 Å². The summed E-state index contributed by atoms with van der Waals surface area (Å²) in [6.45, 7) is 14.0. The summed E-state index contributed by atoms with van der Waals surface area (Å²) in [5, 5.41) is 0. The van der Waals surface area contributed by atoms with Gasteiger partial charge in [-0.15, -0.1) is 0 Å². The highest BCUT2D eigenvalue weighted by atomic mass is 16.6. The molecular weight excluding hydrogens is 280 g/mol. The van der Waals surface area contributed by atoms with Gasteiger partial charge in [-0.1, -0.05) is 37.4 Å². The van der Waals surface area contributed by atoms with E-state index in [0.717, 1.165) is 23.3 Å². The molecular formula is C18H22O4. The Labute approximate surface area is 131 Å². The first-order chi connectivity index (χ1) is 10.1. The molecule has 0 aromatic heterocycles. The number of esters is 2. The maximum atomic E-state index is 11.4. The van der Waals surface area contributed by atoms with E-state index in [1.165, 1.54) is 0 Å². The molecule has 0 radical (unpaired) electrons. The van der Waals surface area contributed by atoms with Gasteiger partial charge in [-0.3, -0.25) is 0 Å². The number of rotatable bonds is 6. The van der Waals surface area contributed by atoms with Gasteiger partial charge in [0.25, 0.3) is 0 Å². The van der Waals surface area contributed by atoms with E-state index in [0.29, 0.717) is 0 Å². The predicted octanol–water partition coefficient (Wildman–Crippen LogP) is 3.62. The zero-order chi connectivity index (χ0) is 17.0. The van der Waals surface area contributed by atoms with Crippen LogP contribution in [-0.4, -0.2) is 11.9 Å². The molecule has 0 aliphatic heterocycles. The van der Waals surface area contributed by atoms with Gasteiger partial charge in [-0.2, -0.15) is 0 Å². The van der Waals surface area contributed by atoms with E-state index in [4.69, 9.17) is 9.47 Å². The quantitative estimate of drug-likeness (QED) is 0.595. The summed E-state index contributed by atoms with van der Waals surface area (Å²) in [7, 11) is 0. The molecule has 1 rings (SSSR count).